The average Bonchev–Trinajstić information content (AvgIpc) is 2.17. The maximum Gasteiger partial charge on any atom is 0.150 e. The van der Waals surface area contributed by atoms with Crippen LogP contribution in [-0.4, -0.2) is 33.0 Å². The topological polar surface area (TPSA) is 46.2 Å². The van der Waals surface area contributed by atoms with Crippen LogP contribution in [0.15, 0.2) is 0 Å². The summed E-state index contributed by atoms with van der Waals surface area (Å²) in [5.74, 6) is 0.609. The number of rotatable bonds is 5. The first kappa shape index (κ1) is 13.0. The molecule has 1 N–H and O–H groups in total. The molecule has 15 heavy (non-hydrogen) atoms. The highest BCUT2D eigenvalue weighted by molar-refractivity contribution is 7.91. The summed E-state index contributed by atoms with van der Waals surface area (Å²) in [6.07, 6.45) is 6.54. The Hall–Kier alpha value is -0.0900. The molecule has 0 saturated heterocycles. The van der Waals surface area contributed by atoms with E-state index in [1.165, 1.54) is 12.7 Å². The molecule has 2 atom stereocenters. The van der Waals surface area contributed by atoms with E-state index in [-0.39, 0.29) is 5.25 Å². The van der Waals surface area contributed by atoms with E-state index in [1.807, 2.05) is 0 Å². The zero-order valence-electron chi connectivity index (χ0n) is 9.83. The van der Waals surface area contributed by atoms with Crippen LogP contribution in [-0.2, 0) is 9.84 Å². The maximum absolute atomic E-state index is 11.4. The summed E-state index contributed by atoms with van der Waals surface area (Å²) in [5, 5.41) is 3.23. The largest absolute Gasteiger partial charge is 0.317 e. The summed E-state index contributed by atoms with van der Waals surface area (Å²) in [6.45, 7) is 4.13. The van der Waals surface area contributed by atoms with Gasteiger partial charge in [-0.05, 0) is 38.3 Å². The number of sulfone groups is 1. The van der Waals surface area contributed by atoms with E-state index in [4.69, 9.17) is 0 Å². The van der Waals surface area contributed by atoms with Gasteiger partial charge >= 0.3 is 0 Å². The highest BCUT2D eigenvalue weighted by Crippen LogP contribution is 2.30. The number of hydrogen-bond acceptors (Lipinski definition) is 3. The lowest BCUT2D eigenvalue weighted by atomic mass is 9.86. The van der Waals surface area contributed by atoms with Gasteiger partial charge in [-0.1, -0.05) is 19.8 Å². The molecule has 4 heteroatoms. The Morgan fingerprint density at radius 3 is 2.67 bits per heavy atom. The van der Waals surface area contributed by atoms with Crippen molar-refractivity contribution in [3.05, 3.63) is 0 Å². The molecule has 0 aliphatic heterocycles. The molecule has 1 saturated carbocycles. The first-order valence-corrected chi connectivity index (χ1v) is 7.89. The monoisotopic (exact) mass is 233 g/mol. The number of hydrogen-bond donors (Lipinski definition) is 1. The Morgan fingerprint density at radius 2 is 2.07 bits per heavy atom. The van der Waals surface area contributed by atoms with Crippen molar-refractivity contribution in [1.29, 1.82) is 0 Å². The second-order valence-electron chi connectivity index (χ2n) is 4.63. The highest BCUT2D eigenvalue weighted by atomic mass is 32.2. The van der Waals surface area contributed by atoms with E-state index in [9.17, 15) is 8.42 Å². The third-order valence-corrected chi connectivity index (χ3v) is 4.96. The minimum Gasteiger partial charge on any atom is -0.317 e. The van der Waals surface area contributed by atoms with Crippen LogP contribution in [0, 0.1) is 5.92 Å². The van der Waals surface area contributed by atoms with Crippen LogP contribution in [0.1, 0.15) is 39.0 Å². The summed E-state index contributed by atoms with van der Waals surface area (Å²) >= 11 is 0. The molecule has 0 aromatic rings. The normalized spacial score (nSPS) is 27.9. The molecule has 2 unspecified atom stereocenters. The van der Waals surface area contributed by atoms with Gasteiger partial charge in [-0.15, -0.1) is 0 Å². The molecule has 0 bridgehead atoms. The molecule has 0 aromatic carbocycles. The standard InChI is InChI=1S/C11H23NO2S/c1-3-12-8-7-10-5-4-6-11(9-10)15(2,13)14/h10-12H,3-9H2,1-2H3. The minimum atomic E-state index is -2.81. The predicted molar refractivity (Wildman–Crippen MR) is 63.8 cm³/mol. The summed E-state index contributed by atoms with van der Waals surface area (Å²) in [4.78, 5) is 0. The molecule has 0 radical (unpaired) electrons. The molecule has 0 spiro atoms. The summed E-state index contributed by atoms with van der Waals surface area (Å²) in [6, 6.07) is 0. The van der Waals surface area contributed by atoms with Crippen LogP contribution >= 0.6 is 0 Å². The van der Waals surface area contributed by atoms with Crippen LogP contribution in [0.5, 0.6) is 0 Å². The number of nitrogens with one attached hydrogen (secondary N) is 1. The fourth-order valence-electron chi connectivity index (χ4n) is 2.38. The Balaban J connectivity index is 2.36. The third-order valence-electron chi connectivity index (χ3n) is 3.32. The lowest BCUT2D eigenvalue weighted by Gasteiger charge is -2.27. The van der Waals surface area contributed by atoms with Crippen molar-refractivity contribution in [3.8, 4) is 0 Å². The summed E-state index contributed by atoms with van der Waals surface area (Å²) in [7, 11) is -2.81. The first-order valence-electron chi connectivity index (χ1n) is 5.93. The Kier molecular flexibility index (Phi) is 5.06. The van der Waals surface area contributed by atoms with Gasteiger partial charge in [-0.3, -0.25) is 0 Å². The quantitative estimate of drug-likeness (QED) is 0.734. The van der Waals surface area contributed by atoms with Gasteiger partial charge < -0.3 is 5.32 Å². The van der Waals surface area contributed by atoms with Gasteiger partial charge in [0.15, 0.2) is 0 Å². The van der Waals surface area contributed by atoms with Gasteiger partial charge in [0.25, 0.3) is 0 Å². The van der Waals surface area contributed by atoms with E-state index in [0.717, 1.165) is 38.8 Å². The van der Waals surface area contributed by atoms with Gasteiger partial charge in [0.2, 0.25) is 0 Å². The Bertz CT molecular complexity index is 274. The average molecular weight is 233 g/mol. The first-order chi connectivity index (χ1) is 7.04. The van der Waals surface area contributed by atoms with Crippen molar-refractivity contribution < 1.29 is 8.42 Å². The summed E-state index contributed by atoms with van der Waals surface area (Å²) < 4.78 is 22.9. The zero-order chi connectivity index (χ0) is 11.3. The Labute approximate surface area is 93.6 Å². The predicted octanol–water partition coefficient (Wildman–Crippen LogP) is 1.59. The SMILES string of the molecule is CCNCCC1CCCC(S(C)(=O)=O)C1. The molecular weight excluding hydrogens is 210 g/mol. The molecule has 0 heterocycles. The van der Waals surface area contributed by atoms with Crippen LogP contribution in [0.2, 0.25) is 0 Å². The van der Waals surface area contributed by atoms with E-state index in [1.54, 1.807) is 0 Å². The van der Waals surface area contributed by atoms with Gasteiger partial charge in [0.1, 0.15) is 9.84 Å². The Morgan fingerprint density at radius 1 is 1.33 bits per heavy atom. The van der Waals surface area contributed by atoms with Crippen LogP contribution in [0.3, 0.4) is 0 Å². The fourth-order valence-corrected chi connectivity index (χ4v) is 3.59. The third kappa shape index (κ3) is 4.51. The molecule has 1 aliphatic rings. The van der Waals surface area contributed by atoms with Crippen molar-refractivity contribution >= 4 is 9.84 Å². The van der Waals surface area contributed by atoms with Crippen molar-refractivity contribution in [2.24, 2.45) is 5.92 Å². The molecular formula is C11H23NO2S. The van der Waals surface area contributed by atoms with Gasteiger partial charge in [0, 0.05) is 6.26 Å². The lowest BCUT2D eigenvalue weighted by molar-refractivity contribution is 0.335. The van der Waals surface area contributed by atoms with Crippen LogP contribution in [0.25, 0.3) is 0 Å². The van der Waals surface area contributed by atoms with E-state index >= 15 is 0 Å². The molecule has 1 rings (SSSR count). The highest BCUT2D eigenvalue weighted by Gasteiger charge is 2.28. The van der Waals surface area contributed by atoms with Gasteiger partial charge in [0.05, 0.1) is 5.25 Å². The minimum absolute atomic E-state index is 0.0714. The summed E-state index contributed by atoms with van der Waals surface area (Å²) in [5.41, 5.74) is 0. The molecule has 1 fully saturated rings. The second kappa shape index (κ2) is 5.85. The van der Waals surface area contributed by atoms with E-state index < -0.39 is 9.84 Å². The van der Waals surface area contributed by atoms with Gasteiger partial charge in [-0.25, -0.2) is 8.42 Å². The fraction of sp³-hybridized carbons (Fsp3) is 1.00. The van der Waals surface area contributed by atoms with Crippen LogP contribution < -0.4 is 5.32 Å². The van der Waals surface area contributed by atoms with Crippen molar-refractivity contribution in [2.75, 3.05) is 19.3 Å². The van der Waals surface area contributed by atoms with Crippen molar-refractivity contribution in [1.82, 2.24) is 5.32 Å². The van der Waals surface area contributed by atoms with E-state index in [0.29, 0.717) is 5.92 Å². The maximum atomic E-state index is 11.4. The van der Waals surface area contributed by atoms with Crippen molar-refractivity contribution in [2.45, 2.75) is 44.3 Å². The zero-order valence-corrected chi connectivity index (χ0v) is 10.6. The van der Waals surface area contributed by atoms with E-state index in [2.05, 4.69) is 12.2 Å². The smallest absolute Gasteiger partial charge is 0.150 e. The molecule has 1 aliphatic carbocycles. The van der Waals surface area contributed by atoms with Crippen LogP contribution in [0.4, 0.5) is 0 Å². The second-order valence-corrected chi connectivity index (χ2v) is 6.95. The molecule has 3 nitrogen and oxygen atoms in total. The van der Waals surface area contributed by atoms with Gasteiger partial charge in [-0.2, -0.15) is 0 Å². The molecule has 0 aromatic heterocycles. The van der Waals surface area contributed by atoms with Crippen molar-refractivity contribution in [3.63, 3.8) is 0 Å². The molecule has 0 amide bonds. The lowest BCUT2D eigenvalue weighted by Crippen LogP contribution is -2.29. The molecule has 90 valence electrons.